The molecule has 136 valence electrons. The van der Waals surface area contributed by atoms with Crippen molar-refractivity contribution in [2.45, 2.75) is 66.5 Å². The van der Waals surface area contributed by atoms with Crippen molar-refractivity contribution in [2.75, 3.05) is 24.5 Å². The lowest BCUT2D eigenvalue weighted by Crippen LogP contribution is -2.57. The van der Waals surface area contributed by atoms with E-state index in [2.05, 4.69) is 32.6 Å². The van der Waals surface area contributed by atoms with Crippen molar-refractivity contribution < 1.29 is 9.53 Å². The van der Waals surface area contributed by atoms with Crippen LogP contribution in [0.5, 0.6) is 0 Å². The van der Waals surface area contributed by atoms with E-state index in [0.29, 0.717) is 19.0 Å². The monoisotopic (exact) mass is 353 g/mol. The topological polar surface area (TPSA) is 45.7 Å². The molecular weight excluding hydrogens is 322 g/mol. The predicted molar refractivity (Wildman–Crippen MR) is 100 cm³/mol. The van der Waals surface area contributed by atoms with Crippen molar-refractivity contribution in [2.24, 2.45) is 5.92 Å². The van der Waals surface area contributed by atoms with E-state index in [0.717, 1.165) is 23.8 Å². The summed E-state index contributed by atoms with van der Waals surface area (Å²) in [4.78, 5) is 22.7. The zero-order chi connectivity index (χ0) is 18.1. The first-order valence-electron chi connectivity index (χ1n) is 8.83. The zero-order valence-corrected chi connectivity index (χ0v) is 16.9. The lowest BCUT2D eigenvalue weighted by molar-refractivity contribution is 0.0202. The van der Waals surface area contributed by atoms with Gasteiger partial charge in [0.25, 0.3) is 0 Å². The highest BCUT2D eigenvalue weighted by atomic mass is 32.1. The average Bonchev–Trinajstić information content (AvgIpc) is 2.85. The van der Waals surface area contributed by atoms with E-state index >= 15 is 0 Å². The molecule has 0 saturated carbocycles. The molecule has 5 nitrogen and oxygen atoms in total. The van der Waals surface area contributed by atoms with Gasteiger partial charge in [-0.15, -0.1) is 11.3 Å². The molecule has 1 aromatic rings. The molecule has 24 heavy (non-hydrogen) atoms. The molecule has 0 unspecified atom stereocenters. The highest BCUT2D eigenvalue weighted by Crippen LogP contribution is 2.31. The molecule has 1 atom stereocenters. The number of rotatable bonds is 3. The second-order valence-corrected chi connectivity index (χ2v) is 8.85. The number of carbonyl (C=O) groups excluding carboxylic acids is 1. The van der Waals surface area contributed by atoms with Gasteiger partial charge in [0.2, 0.25) is 0 Å². The van der Waals surface area contributed by atoms with Crippen LogP contribution in [-0.2, 0) is 11.2 Å². The molecule has 1 aliphatic heterocycles. The van der Waals surface area contributed by atoms with Crippen molar-refractivity contribution in [1.82, 2.24) is 9.88 Å². The number of amides is 1. The Balaban J connectivity index is 2.15. The summed E-state index contributed by atoms with van der Waals surface area (Å²) >= 11 is 1.79. The van der Waals surface area contributed by atoms with Crippen molar-refractivity contribution in [3.63, 3.8) is 0 Å². The van der Waals surface area contributed by atoms with Crippen LogP contribution in [0.2, 0.25) is 0 Å². The molecule has 1 aromatic heterocycles. The minimum absolute atomic E-state index is 0.211. The van der Waals surface area contributed by atoms with Gasteiger partial charge in [-0.05, 0) is 40.0 Å². The largest absolute Gasteiger partial charge is 0.444 e. The summed E-state index contributed by atoms with van der Waals surface area (Å²) in [6.07, 6.45) is 0.811. The maximum Gasteiger partial charge on any atom is 0.410 e. The Bertz CT molecular complexity index is 577. The van der Waals surface area contributed by atoms with Gasteiger partial charge in [0.15, 0.2) is 5.13 Å². The Morgan fingerprint density at radius 3 is 2.54 bits per heavy atom. The lowest BCUT2D eigenvalue weighted by atomic mass is 10.0. The van der Waals surface area contributed by atoms with E-state index in [1.54, 1.807) is 11.3 Å². The molecule has 0 aliphatic carbocycles. The first-order valence-corrected chi connectivity index (χ1v) is 9.65. The summed E-state index contributed by atoms with van der Waals surface area (Å²) in [6, 6.07) is 0.265. The number of anilines is 1. The second kappa shape index (κ2) is 7.30. The number of aromatic nitrogens is 1. The van der Waals surface area contributed by atoms with Crippen molar-refractivity contribution in [1.29, 1.82) is 0 Å². The highest BCUT2D eigenvalue weighted by molar-refractivity contribution is 7.15. The van der Waals surface area contributed by atoms with Crippen LogP contribution in [0, 0.1) is 12.8 Å². The van der Waals surface area contributed by atoms with Crippen LogP contribution in [0.3, 0.4) is 0 Å². The van der Waals surface area contributed by atoms with Crippen molar-refractivity contribution in [3.05, 3.63) is 10.6 Å². The molecule has 2 rings (SSSR count). The molecule has 6 heteroatoms. The predicted octanol–water partition coefficient (Wildman–Crippen LogP) is 4.10. The van der Waals surface area contributed by atoms with E-state index in [4.69, 9.17) is 9.72 Å². The van der Waals surface area contributed by atoms with Crippen molar-refractivity contribution in [3.8, 4) is 0 Å². The van der Waals surface area contributed by atoms with Gasteiger partial charge >= 0.3 is 6.09 Å². The third-order valence-electron chi connectivity index (χ3n) is 4.29. The molecule has 0 bridgehead atoms. The van der Waals surface area contributed by atoms with Gasteiger partial charge in [0, 0.05) is 24.5 Å². The smallest absolute Gasteiger partial charge is 0.410 e. The fourth-order valence-electron chi connectivity index (χ4n) is 2.97. The first-order chi connectivity index (χ1) is 11.1. The normalized spacial score (nSPS) is 19.1. The van der Waals surface area contributed by atoms with Crippen LogP contribution in [-0.4, -0.2) is 47.3 Å². The van der Waals surface area contributed by atoms with Crippen LogP contribution >= 0.6 is 11.3 Å². The molecule has 0 N–H and O–H groups in total. The second-order valence-electron chi connectivity index (χ2n) is 7.79. The number of piperazine rings is 1. The maximum absolute atomic E-state index is 12.4. The highest BCUT2D eigenvalue weighted by Gasteiger charge is 2.34. The summed E-state index contributed by atoms with van der Waals surface area (Å²) < 4.78 is 5.54. The van der Waals surface area contributed by atoms with Gasteiger partial charge in [-0.2, -0.15) is 0 Å². The van der Waals surface area contributed by atoms with Gasteiger partial charge in [0.05, 0.1) is 11.7 Å². The molecule has 1 saturated heterocycles. The number of carbonyl (C=O) groups is 1. The summed E-state index contributed by atoms with van der Waals surface area (Å²) in [7, 11) is 0. The Labute approximate surface area is 150 Å². The van der Waals surface area contributed by atoms with Gasteiger partial charge < -0.3 is 14.5 Å². The molecule has 1 aliphatic rings. The Kier molecular flexibility index (Phi) is 5.78. The number of ether oxygens (including phenoxy) is 1. The fraction of sp³-hybridized carbons (Fsp3) is 0.778. The van der Waals surface area contributed by atoms with E-state index in [-0.39, 0.29) is 12.1 Å². The molecular formula is C18H31N3O2S. The minimum Gasteiger partial charge on any atom is -0.444 e. The van der Waals surface area contributed by atoms with Gasteiger partial charge in [0.1, 0.15) is 5.60 Å². The number of hydrogen-bond acceptors (Lipinski definition) is 5. The molecule has 0 spiro atoms. The Morgan fingerprint density at radius 1 is 1.38 bits per heavy atom. The van der Waals surface area contributed by atoms with Gasteiger partial charge in [-0.1, -0.05) is 20.8 Å². The number of hydrogen-bond donors (Lipinski definition) is 0. The van der Waals surface area contributed by atoms with Crippen molar-refractivity contribution >= 4 is 22.6 Å². The SMILES string of the molecule is CCc1sc(N2CCN(C(=O)OC(C)(C)C)C[C@H]2C(C)C)nc1C. The van der Waals surface area contributed by atoms with Crippen LogP contribution in [0.1, 0.15) is 52.1 Å². The van der Waals surface area contributed by atoms with Gasteiger partial charge in [-0.3, -0.25) is 0 Å². The summed E-state index contributed by atoms with van der Waals surface area (Å²) in [5, 5.41) is 1.09. The van der Waals surface area contributed by atoms with Crippen LogP contribution in [0.15, 0.2) is 0 Å². The minimum atomic E-state index is -0.454. The molecule has 0 radical (unpaired) electrons. The summed E-state index contributed by atoms with van der Waals surface area (Å²) in [5.74, 6) is 0.435. The number of aryl methyl sites for hydroxylation is 2. The molecule has 2 heterocycles. The number of thiazole rings is 1. The summed E-state index contributed by atoms with van der Waals surface area (Å²) in [6.45, 7) is 16.6. The van der Waals surface area contributed by atoms with Crippen LogP contribution in [0.4, 0.5) is 9.93 Å². The molecule has 0 aromatic carbocycles. The van der Waals surface area contributed by atoms with Crippen LogP contribution in [0.25, 0.3) is 0 Å². The quantitative estimate of drug-likeness (QED) is 0.821. The zero-order valence-electron chi connectivity index (χ0n) is 16.0. The van der Waals surface area contributed by atoms with E-state index < -0.39 is 5.60 Å². The van der Waals surface area contributed by atoms with E-state index in [9.17, 15) is 4.79 Å². The van der Waals surface area contributed by atoms with E-state index in [1.165, 1.54) is 4.88 Å². The molecule has 1 amide bonds. The Hall–Kier alpha value is -1.30. The molecule has 1 fully saturated rings. The number of nitrogens with zero attached hydrogens (tertiary/aromatic N) is 3. The third-order valence-corrected chi connectivity index (χ3v) is 5.63. The van der Waals surface area contributed by atoms with E-state index in [1.807, 2.05) is 25.7 Å². The van der Waals surface area contributed by atoms with Gasteiger partial charge in [-0.25, -0.2) is 9.78 Å². The summed E-state index contributed by atoms with van der Waals surface area (Å²) in [5.41, 5.74) is 0.679. The Morgan fingerprint density at radius 2 is 2.04 bits per heavy atom. The lowest BCUT2D eigenvalue weighted by Gasteiger charge is -2.43. The third kappa shape index (κ3) is 4.41. The maximum atomic E-state index is 12.4. The fourth-order valence-corrected chi connectivity index (χ4v) is 4.06. The van der Waals surface area contributed by atoms with Crippen LogP contribution < -0.4 is 4.90 Å². The average molecular weight is 354 g/mol. The first kappa shape index (κ1) is 19.0. The standard InChI is InChI=1S/C18H31N3O2S/c1-8-15-13(4)19-16(24-15)21-10-9-20(11-14(21)12(2)3)17(22)23-18(5,6)7/h12,14H,8-11H2,1-7H3/t14-/m0/s1.